The van der Waals surface area contributed by atoms with Gasteiger partial charge in [-0.3, -0.25) is 0 Å². The largest absolute Gasteiger partial charge is 0.306 e. The predicted octanol–water partition coefficient (Wildman–Crippen LogP) is 4.76. The maximum Gasteiger partial charge on any atom is 0.160 e. The number of hydrogen-bond donors (Lipinski definition) is 1. The van der Waals surface area contributed by atoms with Crippen LogP contribution in [-0.4, -0.2) is 6.54 Å². The van der Waals surface area contributed by atoms with Gasteiger partial charge in [-0.05, 0) is 54.4 Å². The smallest absolute Gasteiger partial charge is 0.160 e. The summed E-state index contributed by atoms with van der Waals surface area (Å²) in [5.41, 5.74) is 1.86. The molecule has 2 aromatic rings. The van der Waals surface area contributed by atoms with Crippen molar-refractivity contribution in [2.75, 3.05) is 6.54 Å². The van der Waals surface area contributed by atoms with Crippen molar-refractivity contribution in [1.82, 2.24) is 5.32 Å². The first kappa shape index (κ1) is 15.9. The molecular weight excluding hydrogens is 299 g/mol. The molecule has 0 amide bonds. The van der Waals surface area contributed by atoms with Crippen LogP contribution in [0.15, 0.2) is 30.3 Å². The van der Waals surface area contributed by atoms with E-state index < -0.39 is 23.5 Å². The fourth-order valence-corrected chi connectivity index (χ4v) is 2.53. The Labute approximate surface area is 126 Å². The Morgan fingerprint density at radius 1 is 1.05 bits per heavy atom. The van der Waals surface area contributed by atoms with Gasteiger partial charge in [0.25, 0.3) is 0 Å². The van der Waals surface area contributed by atoms with Crippen LogP contribution >= 0.6 is 11.6 Å². The van der Waals surface area contributed by atoms with Crippen LogP contribution in [-0.2, 0) is 0 Å². The molecule has 0 aliphatic heterocycles. The van der Waals surface area contributed by atoms with E-state index in [2.05, 4.69) is 5.32 Å². The van der Waals surface area contributed by atoms with E-state index in [1.54, 1.807) is 6.07 Å². The molecule has 0 aliphatic rings. The summed E-state index contributed by atoms with van der Waals surface area (Å²) in [5, 5.41) is 3.23. The molecule has 0 saturated heterocycles. The summed E-state index contributed by atoms with van der Waals surface area (Å²) in [6.07, 6.45) is 0. The van der Waals surface area contributed by atoms with Crippen LogP contribution in [0.4, 0.5) is 13.2 Å². The normalized spacial score (nSPS) is 12.5. The second kappa shape index (κ2) is 6.50. The zero-order valence-electron chi connectivity index (χ0n) is 11.7. The van der Waals surface area contributed by atoms with E-state index in [-0.39, 0.29) is 5.02 Å². The van der Waals surface area contributed by atoms with E-state index >= 15 is 0 Å². The number of halogens is 4. The molecular formula is C16H15ClF3N. The van der Waals surface area contributed by atoms with Gasteiger partial charge in [-0.25, -0.2) is 13.2 Å². The maximum absolute atomic E-state index is 13.5. The van der Waals surface area contributed by atoms with Gasteiger partial charge in [-0.15, -0.1) is 0 Å². The first-order valence-electron chi connectivity index (χ1n) is 6.58. The zero-order chi connectivity index (χ0) is 15.6. The molecule has 5 heteroatoms. The number of hydrogen-bond acceptors (Lipinski definition) is 1. The summed E-state index contributed by atoms with van der Waals surface area (Å²) >= 11 is 6.03. The van der Waals surface area contributed by atoms with Crippen molar-refractivity contribution in [2.45, 2.75) is 19.9 Å². The molecule has 0 aromatic heterocycles. The van der Waals surface area contributed by atoms with E-state index in [0.717, 1.165) is 17.7 Å². The third-order valence-corrected chi connectivity index (χ3v) is 3.64. The molecule has 0 aliphatic carbocycles. The summed E-state index contributed by atoms with van der Waals surface area (Å²) < 4.78 is 40.2. The third kappa shape index (κ3) is 3.39. The molecule has 1 unspecified atom stereocenters. The fraction of sp³-hybridized carbons (Fsp3) is 0.250. The third-order valence-electron chi connectivity index (χ3n) is 3.31. The highest BCUT2D eigenvalue weighted by molar-refractivity contribution is 6.31. The lowest BCUT2D eigenvalue weighted by Gasteiger charge is -2.22. The number of nitrogens with one attached hydrogen (secondary N) is 1. The summed E-state index contributed by atoms with van der Waals surface area (Å²) in [6.45, 7) is 4.26. The monoisotopic (exact) mass is 313 g/mol. The fourth-order valence-electron chi connectivity index (χ4n) is 2.27. The van der Waals surface area contributed by atoms with Gasteiger partial charge in [-0.1, -0.05) is 24.6 Å². The molecule has 2 rings (SSSR count). The standard InChI is InChI=1S/C16H15ClF3N/c1-3-21-16(11-6-10(18)5-4-9(11)2)12-7-14(19)15(20)8-13(12)17/h4-8,16,21H,3H2,1-2H3. The predicted molar refractivity (Wildman–Crippen MR) is 78.0 cm³/mol. The zero-order valence-corrected chi connectivity index (χ0v) is 12.4. The Morgan fingerprint density at radius 3 is 2.38 bits per heavy atom. The second-order valence-corrected chi connectivity index (χ2v) is 5.19. The van der Waals surface area contributed by atoms with Crippen molar-refractivity contribution in [3.63, 3.8) is 0 Å². The summed E-state index contributed by atoms with van der Waals surface area (Å²) in [5.74, 6) is -2.38. The van der Waals surface area contributed by atoms with Gasteiger partial charge in [0.2, 0.25) is 0 Å². The van der Waals surface area contributed by atoms with Gasteiger partial charge in [-0.2, -0.15) is 0 Å². The highest BCUT2D eigenvalue weighted by atomic mass is 35.5. The van der Waals surface area contributed by atoms with E-state index in [1.165, 1.54) is 12.1 Å². The Hall–Kier alpha value is -1.52. The highest BCUT2D eigenvalue weighted by Crippen LogP contribution is 2.32. The van der Waals surface area contributed by atoms with Crippen molar-refractivity contribution in [3.8, 4) is 0 Å². The molecule has 1 atom stereocenters. The Morgan fingerprint density at radius 2 is 1.71 bits per heavy atom. The highest BCUT2D eigenvalue weighted by Gasteiger charge is 2.21. The van der Waals surface area contributed by atoms with Gasteiger partial charge in [0.05, 0.1) is 6.04 Å². The Balaban J connectivity index is 2.58. The molecule has 0 spiro atoms. The first-order valence-corrected chi connectivity index (χ1v) is 6.95. The first-order chi connectivity index (χ1) is 9.93. The lowest BCUT2D eigenvalue weighted by atomic mass is 9.94. The van der Waals surface area contributed by atoms with Gasteiger partial charge in [0.15, 0.2) is 11.6 Å². The van der Waals surface area contributed by atoms with Crippen LogP contribution in [0.5, 0.6) is 0 Å². The van der Waals surface area contributed by atoms with Gasteiger partial charge in [0, 0.05) is 5.02 Å². The Kier molecular flexibility index (Phi) is 4.91. The van der Waals surface area contributed by atoms with Gasteiger partial charge >= 0.3 is 0 Å². The average Bonchev–Trinajstić information content (AvgIpc) is 2.43. The SMILES string of the molecule is CCNC(c1cc(F)ccc1C)c1cc(F)c(F)cc1Cl. The van der Waals surface area contributed by atoms with Crippen molar-refractivity contribution >= 4 is 11.6 Å². The van der Waals surface area contributed by atoms with Crippen molar-refractivity contribution in [3.05, 3.63) is 69.5 Å². The molecule has 0 saturated carbocycles. The van der Waals surface area contributed by atoms with Crippen molar-refractivity contribution in [2.24, 2.45) is 0 Å². The molecule has 1 N–H and O–H groups in total. The number of aryl methyl sites for hydroxylation is 1. The molecule has 21 heavy (non-hydrogen) atoms. The molecule has 0 radical (unpaired) electrons. The molecule has 0 heterocycles. The lowest BCUT2D eigenvalue weighted by molar-refractivity contribution is 0.503. The summed E-state index contributed by atoms with van der Waals surface area (Å²) in [7, 11) is 0. The van der Waals surface area contributed by atoms with Gasteiger partial charge in [0.1, 0.15) is 5.82 Å². The quantitative estimate of drug-likeness (QED) is 0.802. The van der Waals surface area contributed by atoms with E-state index in [4.69, 9.17) is 11.6 Å². The minimum Gasteiger partial charge on any atom is -0.306 e. The number of benzene rings is 2. The van der Waals surface area contributed by atoms with E-state index in [1.807, 2.05) is 13.8 Å². The minimum atomic E-state index is -1.00. The second-order valence-electron chi connectivity index (χ2n) is 4.78. The minimum absolute atomic E-state index is 0.100. The Bertz CT molecular complexity index is 658. The molecule has 0 fully saturated rings. The molecule has 0 bridgehead atoms. The van der Waals surface area contributed by atoms with Crippen LogP contribution in [0.1, 0.15) is 29.7 Å². The van der Waals surface area contributed by atoms with Crippen LogP contribution < -0.4 is 5.32 Å². The maximum atomic E-state index is 13.5. The van der Waals surface area contributed by atoms with E-state index in [0.29, 0.717) is 17.7 Å². The summed E-state index contributed by atoms with van der Waals surface area (Å²) in [4.78, 5) is 0. The average molecular weight is 314 g/mol. The van der Waals surface area contributed by atoms with Crippen LogP contribution in [0.3, 0.4) is 0 Å². The van der Waals surface area contributed by atoms with Gasteiger partial charge < -0.3 is 5.32 Å². The molecule has 2 aromatic carbocycles. The van der Waals surface area contributed by atoms with E-state index in [9.17, 15) is 13.2 Å². The van der Waals surface area contributed by atoms with Crippen LogP contribution in [0, 0.1) is 24.4 Å². The van der Waals surface area contributed by atoms with Crippen molar-refractivity contribution in [1.29, 1.82) is 0 Å². The molecule has 1 nitrogen and oxygen atoms in total. The lowest BCUT2D eigenvalue weighted by Crippen LogP contribution is -2.23. The molecule has 112 valence electrons. The van der Waals surface area contributed by atoms with Crippen LogP contribution in [0.2, 0.25) is 5.02 Å². The van der Waals surface area contributed by atoms with Crippen molar-refractivity contribution < 1.29 is 13.2 Å². The topological polar surface area (TPSA) is 12.0 Å². The number of rotatable bonds is 4. The summed E-state index contributed by atoms with van der Waals surface area (Å²) in [6, 6.07) is 5.85. The van der Waals surface area contributed by atoms with Crippen LogP contribution in [0.25, 0.3) is 0 Å².